The number of amides is 2. The molecule has 1 atom stereocenters. The van der Waals surface area contributed by atoms with Crippen LogP contribution in [0.2, 0.25) is 0 Å². The standard InChI is InChI=1S/C24H25N3O3/c1-18(24(29)26-21-10-12-22(30-2)13-11-21)27(17-20-9-6-14-25-16-20)23(28)15-19-7-4-3-5-8-19/h3-14,16,18H,15,17H2,1-2H3,(H,26,29). The number of aromatic nitrogens is 1. The quantitative estimate of drug-likeness (QED) is 0.623. The molecule has 3 rings (SSSR count). The predicted molar refractivity (Wildman–Crippen MR) is 116 cm³/mol. The van der Waals surface area contributed by atoms with E-state index in [1.807, 2.05) is 42.5 Å². The third kappa shape index (κ3) is 5.67. The van der Waals surface area contributed by atoms with Crippen LogP contribution in [-0.2, 0) is 22.6 Å². The van der Waals surface area contributed by atoms with Crippen molar-refractivity contribution >= 4 is 17.5 Å². The molecule has 1 aromatic heterocycles. The van der Waals surface area contributed by atoms with Crippen LogP contribution in [0.1, 0.15) is 18.1 Å². The Balaban J connectivity index is 1.76. The van der Waals surface area contributed by atoms with Crippen LogP contribution in [-0.4, -0.2) is 34.8 Å². The SMILES string of the molecule is COc1ccc(NC(=O)C(C)N(Cc2cccnc2)C(=O)Cc2ccccc2)cc1. The summed E-state index contributed by atoms with van der Waals surface area (Å²) in [5.41, 5.74) is 2.41. The summed E-state index contributed by atoms with van der Waals surface area (Å²) in [6, 6.07) is 19.6. The third-order valence-electron chi connectivity index (χ3n) is 4.80. The molecule has 1 unspecified atom stereocenters. The van der Waals surface area contributed by atoms with E-state index < -0.39 is 6.04 Å². The Labute approximate surface area is 176 Å². The van der Waals surface area contributed by atoms with Gasteiger partial charge < -0.3 is 15.0 Å². The number of rotatable bonds is 8. The van der Waals surface area contributed by atoms with Gasteiger partial charge in [0.2, 0.25) is 11.8 Å². The molecule has 0 radical (unpaired) electrons. The van der Waals surface area contributed by atoms with Crippen molar-refractivity contribution in [3.63, 3.8) is 0 Å². The van der Waals surface area contributed by atoms with E-state index in [1.165, 1.54) is 0 Å². The van der Waals surface area contributed by atoms with Crippen molar-refractivity contribution in [1.82, 2.24) is 9.88 Å². The summed E-state index contributed by atoms with van der Waals surface area (Å²) in [4.78, 5) is 31.7. The Morgan fingerprint density at radius 2 is 1.70 bits per heavy atom. The number of anilines is 1. The minimum Gasteiger partial charge on any atom is -0.497 e. The number of hydrogen-bond acceptors (Lipinski definition) is 4. The molecule has 1 heterocycles. The summed E-state index contributed by atoms with van der Waals surface area (Å²) < 4.78 is 5.14. The lowest BCUT2D eigenvalue weighted by molar-refractivity contribution is -0.138. The Kier molecular flexibility index (Phi) is 7.16. The highest BCUT2D eigenvalue weighted by molar-refractivity contribution is 5.97. The van der Waals surface area contributed by atoms with Gasteiger partial charge in [0.15, 0.2) is 0 Å². The first-order valence-electron chi connectivity index (χ1n) is 9.74. The molecule has 0 aliphatic heterocycles. The minimum absolute atomic E-state index is 0.123. The lowest BCUT2D eigenvalue weighted by atomic mass is 10.1. The van der Waals surface area contributed by atoms with Gasteiger partial charge in [-0.3, -0.25) is 14.6 Å². The highest BCUT2D eigenvalue weighted by atomic mass is 16.5. The number of hydrogen-bond donors (Lipinski definition) is 1. The van der Waals surface area contributed by atoms with Crippen LogP contribution in [0, 0.1) is 0 Å². The van der Waals surface area contributed by atoms with Crippen LogP contribution in [0.25, 0.3) is 0 Å². The van der Waals surface area contributed by atoms with Gasteiger partial charge in [-0.15, -0.1) is 0 Å². The second-order valence-corrected chi connectivity index (χ2v) is 6.94. The van der Waals surface area contributed by atoms with Gasteiger partial charge in [0.05, 0.1) is 13.5 Å². The van der Waals surface area contributed by atoms with Gasteiger partial charge in [0.25, 0.3) is 0 Å². The Morgan fingerprint density at radius 1 is 1.00 bits per heavy atom. The molecular formula is C24H25N3O3. The van der Waals surface area contributed by atoms with Crippen molar-refractivity contribution in [3.8, 4) is 5.75 Å². The van der Waals surface area contributed by atoms with Gasteiger partial charge in [-0.2, -0.15) is 0 Å². The first-order chi connectivity index (χ1) is 14.6. The van der Waals surface area contributed by atoms with Crippen LogP contribution >= 0.6 is 0 Å². The summed E-state index contributed by atoms with van der Waals surface area (Å²) in [5.74, 6) is 0.324. The van der Waals surface area contributed by atoms with Gasteiger partial charge in [-0.05, 0) is 48.4 Å². The van der Waals surface area contributed by atoms with E-state index in [0.717, 1.165) is 11.1 Å². The van der Waals surface area contributed by atoms with Gasteiger partial charge in [-0.25, -0.2) is 0 Å². The summed E-state index contributed by atoms with van der Waals surface area (Å²) >= 11 is 0. The zero-order valence-corrected chi connectivity index (χ0v) is 17.1. The fourth-order valence-electron chi connectivity index (χ4n) is 3.06. The van der Waals surface area contributed by atoms with Crippen molar-refractivity contribution in [2.24, 2.45) is 0 Å². The smallest absolute Gasteiger partial charge is 0.246 e. The molecular weight excluding hydrogens is 378 g/mol. The second-order valence-electron chi connectivity index (χ2n) is 6.94. The highest BCUT2D eigenvalue weighted by Gasteiger charge is 2.26. The molecule has 2 aromatic carbocycles. The average Bonchev–Trinajstić information content (AvgIpc) is 2.79. The van der Waals surface area contributed by atoms with E-state index in [4.69, 9.17) is 4.74 Å². The van der Waals surface area contributed by atoms with E-state index in [2.05, 4.69) is 10.3 Å². The molecule has 6 heteroatoms. The fraction of sp³-hybridized carbons (Fsp3) is 0.208. The molecule has 6 nitrogen and oxygen atoms in total. The van der Waals surface area contributed by atoms with Crippen LogP contribution in [0.3, 0.4) is 0 Å². The van der Waals surface area contributed by atoms with Crippen LogP contribution in [0.4, 0.5) is 5.69 Å². The summed E-state index contributed by atoms with van der Waals surface area (Å²) in [7, 11) is 1.59. The van der Waals surface area contributed by atoms with Crippen molar-refractivity contribution in [2.75, 3.05) is 12.4 Å². The third-order valence-corrected chi connectivity index (χ3v) is 4.80. The molecule has 0 saturated heterocycles. The second kappa shape index (κ2) is 10.2. The van der Waals surface area contributed by atoms with Crippen molar-refractivity contribution < 1.29 is 14.3 Å². The topological polar surface area (TPSA) is 71.5 Å². The molecule has 0 bridgehead atoms. The largest absolute Gasteiger partial charge is 0.497 e. The molecule has 0 aliphatic carbocycles. The Morgan fingerprint density at radius 3 is 2.33 bits per heavy atom. The molecule has 154 valence electrons. The molecule has 30 heavy (non-hydrogen) atoms. The Bertz CT molecular complexity index is 960. The zero-order chi connectivity index (χ0) is 21.3. The number of nitrogens with zero attached hydrogens (tertiary/aromatic N) is 2. The van der Waals surface area contributed by atoms with Gasteiger partial charge in [0, 0.05) is 24.6 Å². The van der Waals surface area contributed by atoms with Gasteiger partial charge >= 0.3 is 0 Å². The number of pyridine rings is 1. The molecule has 0 saturated carbocycles. The van der Waals surface area contributed by atoms with Crippen molar-refractivity contribution in [2.45, 2.75) is 25.9 Å². The number of ether oxygens (including phenoxy) is 1. The van der Waals surface area contributed by atoms with Crippen LogP contribution in [0.5, 0.6) is 5.75 Å². The van der Waals surface area contributed by atoms with Crippen LogP contribution < -0.4 is 10.1 Å². The lowest BCUT2D eigenvalue weighted by Gasteiger charge is -2.29. The summed E-state index contributed by atoms with van der Waals surface area (Å²) in [6.45, 7) is 2.04. The van der Waals surface area contributed by atoms with E-state index >= 15 is 0 Å². The minimum atomic E-state index is -0.663. The maximum absolute atomic E-state index is 13.1. The van der Waals surface area contributed by atoms with E-state index in [1.54, 1.807) is 55.6 Å². The van der Waals surface area contributed by atoms with Gasteiger partial charge in [0.1, 0.15) is 11.8 Å². The van der Waals surface area contributed by atoms with Crippen LogP contribution in [0.15, 0.2) is 79.1 Å². The maximum Gasteiger partial charge on any atom is 0.246 e. The normalized spacial score (nSPS) is 11.4. The predicted octanol–water partition coefficient (Wildman–Crippen LogP) is 3.69. The highest BCUT2D eigenvalue weighted by Crippen LogP contribution is 2.17. The Hall–Kier alpha value is -3.67. The van der Waals surface area contributed by atoms with E-state index in [0.29, 0.717) is 18.0 Å². The molecule has 0 spiro atoms. The van der Waals surface area contributed by atoms with Gasteiger partial charge in [-0.1, -0.05) is 36.4 Å². The summed E-state index contributed by atoms with van der Waals surface area (Å²) in [6.07, 6.45) is 3.61. The van der Waals surface area contributed by atoms with E-state index in [-0.39, 0.29) is 18.2 Å². The molecule has 1 N–H and O–H groups in total. The van der Waals surface area contributed by atoms with Crippen molar-refractivity contribution in [1.29, 1.82) is 0 Å². The first kappa shape index (κ1) is 21.0. The lowest BCUT2D eigenvalue weighted by Crippen LogP contribution is -2.45. The fourth-order valence-corrected chi connectivity index (χ4v) is 3.06. The molecule has 0 aliphatic rings. The zero-order valence-electron chi connectivity index (χ0n) is 17.1. The maximum atomic E-state index is 13.1. The molecule has 0 fully saturated rings. The number of benzene rings is 2. The molecule has 3 aromatic rings. The number of carbonyl (C=O) groups is 2. The first-order valence-corrected chi connectivity index (χ1v) is 9.74. The van der Waals surface area contributed by atoms with Crippen molar-refractivity contribution in [3.05, 3.63) is 90.3 Å². The van der Waals surface area contributed by atoms with E-state index in [9.17, 15) is 9.59 Å². The molecule has 2 amide bonds. The monoisotopic (exact) mass is 403 g/mol. The number of carbonyl (C=O) groups excluding carboxylic acids is 2. The number of nitrogens with one attached hydrogen (secondary N) is 1. The number of methoxy groups -OCH3 is 1. The average molecular weight is 403 g/mol. The summed E-state index contributed by atoms with van der Waals surface area (Å²) in [5, 5.41) is 2.87.